The lowest BCUT2D eigenvalue weighted by Crippen LogP contribution is -2.12. The summed E-state index contributed by atoms with van der Waals surface area (Å²) < 4.78 is 9.02. The fourth-order valence-electron chi connectivity index (χ4n) is 0.787. The van der Waals surface area contributed by atoms with Gasteiger partial charge < -0.3 is 14.4 Å². The van der Waals surface area contributed by atoms with Gasteiger partial charge in [0.2, 0.25) is 0 Å². The lowest BCUT2D eigenvalue weighted by atomic mass is 10.4. The van der Waals surface area contributed by atoms with Crippen LogP contribution in [-0.2, 0) is 0 Å². The molecule has 66 valence electrons. The van der Waals surface area contributed by atoms with Crippen LogP contribution in [0.1, 0.15) is 10.5 Å². The van der Waals surface area contributed by atoms with E-state index >= 15 is 0 Å². The van der Waals surface area contributed by atoms with Gasteiger partial charge in [0, 0.05) is 12.1 Å². The maximum atomic E-state index is 11.3. The first-order valence-corrected chi connectivity index (χ1v) is 3.48. The lowest BCUT2D eigenvalue weighted by molar-refractivity contribution is 0.101. The summed E-state index contributed by atoms with van der Waals surface area (Å²) in [6, 6.07) is 2.98. The highest BCUT2D eigenvalue weighted by molar-refractivity contribution is 6.01. The molecule has 2 aromatic heterocycles. The molecule has 0 aliphatic heterocycles. The second-order valence-electron chi connectivity index (χ2n) is 2.22. The third-order valence-electron chi connectivity index (χ3n) is 1.35. The summed E-state index contributed by atoms with van der Waals surface area (Å²) in [5.74, 6) is -0.0457. The van der Waals surface area contributed by atoms with Crippen molar-refractivity contribution in [3.05, 3.63) is 30.4 Å². The Bertz CT molecular complexity index is 379. The van der Waals surface area contributed by atoms with E-state index < -0.39 is 0 Å². The van der Waals surface area contributed by atoms with Gasteiger partial charge in [0.05, 0.1) is 0 Å². The summed E-state index contributed by atoms with van der Waals surface area (Å²) in [5, 5.41) is 9.41. The van der Waals surface area contributed by atoms with E-state index in [1.165, 1.54) is 24.7 Å². The van der Waals surface area contributed by atoms with Crippen LogP contribution < -0.4 is 5.32 Å². The van der Waals surface area contributed by atoms with Gasteiger partial charge in [0.1, 0.15) is 12.5 Å². The number of nitrogens with zero attached hydrogens (tertiary/aromatic N) is 2. The average Bonchev–Trinajstić information content (AvgIpc) is 2.74. The van der Waals surface area contributed by atoms with Crippen LogP contribution in [0.2, 0.25) is 0 Å². The Morgan fingerprint density at radius 1 is 1.23 bits per heavy atom. The molecule has 0 atom stereocenters. The Morgan fingerprint density at radius 3 is 2.62 bits per heavy atom. The zero-order valence-corrected chi connectivity index (χ0v) is 6.43. The number of amides is 1. The third-order valence-corrected chi connectivity index (χ3v) is 1.35. The van der Waals surface area contributed by atoms with Gasteiger partial charge in [-0.05, 0) is 0 Å². The molecule has 2 rings (SSSR count). The van der Waals surface area contributed by atoms with E-state index in [1.807, 2.05) is 0 Å². The van der Waals surface area contributed by atoms with Crippen LogP contribution in [0.4, 0.5) is 5.82 Å². The van der Waals surface area contributed by atoms with E-state index in [-0.39, 0.29) is 11.6 Å². The SMILES string of the molecule is O=C(Nc1ccon1)c1ccon1. The summed E-state index contributed by atoms with van der Waals surface area (Å²) in [6.07, 6.45) is 2.68. The quantitative estimate of drug-likeness (QED) is 0.741. The van der Waals surface area contributed by atoms with Gasteiger partial charge in [-0.25, -0.2) is 0 Å². The normalized spacial score (nSPS) is 9.85. The first kappa shape index (κ1) is 7.53. The Labute approximate surface area is 72.5 Å². The van der Waals surface area contributed by atoms with Crippen molar-refractivity contribution in [1.29, 1.82) is 0 Å². The first-order chi connectivity index (χ1) is 6.36. The van der Waals surface area contributed by atoms with Crippen LogP contribution in [0.3, 0.4) is 0 Å². The van der Waals surface area contributed by atoms with Gasteiger partial charge >= 0.3 is 0 Å². The molecular weight excluding hydrogens is 174 g/mol. The van der Waals surface area contributed by atoms with Crippen LogP contribution in [0, 0.1) is 0 Å². The number of hydrogen-bond acceptors (Lipinski definition) is 5. The third kappa shape index (κ3) is 1.56. The molecule has 0 aromatic carbocycles. The standard InChI is InChI=1S/C7H5N3O3/c11-7(5-1-3-12-9-5)8-6-2-4-13-10-6/h1-4H,(H,8,10,11). The second-order valence-corrected chi connectivity index (χ2v) is 2.22. The fourth-order valence-corrected chi connectivity index (χ4v) is 0.787. The summed E-state index contributed by atoms with van der Waals surface area (Å²) in [6.45, 7) is 0. The van der Waals surface area contributed by atoms with Crippen molar-refractivity contribution in [2.75, 3.05) is 5.32 Å². The van der Waals surface area contributed by atoms with Crippen LogP contribution in [0.25, 0.3) is 0 Å². The molecule has 0 unspecified atom stereocenters. The monoisotopic (exact) mass is 179 g/mol. The fraction of sp³-hybridized carbons (Fsp3) is 0. The molecule has 2 heterocycles. The molecule has 0 saturated heterocycles. The Morgan fingerprint density at radius 2 is 2.00 bits per heavy atom. The van der Waals surface area contributed by atoms with E-state index in [2.05, 4.69) is 24.7 Å². The average molecular weight is 179 g/mol. The molecule has 0 radical (unpaired) electrons. The molecule has 0 aliphatic carbocycles. The highest BCUT2D eigenvalue weighted by atomic mass is 16.5. The molecule has 6 nitrogen and oxygen atoms in total. The molecule has 13 heavy (non-hydrogen) atoms. The molecule has 0 fully saturated rings. The molecule has 2 aromatic rings. The number of aromatic nitrogens is 2. The van der Waals surface area contributed by atoms with Crippen molar-refractivity contribution in [3.8, 4) is 0 Å². The van der Waals surface area contributed by atoms with E-state index in [9.17, 15) is 4.79 Å². The summed E-state index contributed by atoms with van der Waals surface area (Å²) in [5.41, 5.74) is 0.197. The van der Waals surface area contributed by atoms with Gasteiger partial charge in [-0.1, -0.05) is 10.3 Å². The second kappa shape index (κ2) is 3.10. The van der Waals surface area contributed by atoms with Gasteiger partial charge in [-0.2, -0.15) is 0 Å². The molecule has 0 aliphatic rings. The van der Waals surface area contributed by atoms with Crippen molar-refractivity contribution in [2.45, 2.75) is 0 Å². The van der Waals surface area contributed by atoms with Crippen molar-refractivity contribution in [1.82, 2.24) is 10.3 Å². The topological polar surface area (TPSA) is 81.2 Å². The number of hydrogen-bond donors (Lipinski definition) is 1. The molecule has 6 heteroatoms. The number of rotatable bonds is 2. The van der Waals surface area contributed by atoms with Crippen LogP contribution in [0.5, 0.6) is 0 Å². The number of carbonyl (C=O) groups is 1. The van der Waals surface area contributed by atoms with Crippen molar-refractivity contribution < 1.29 is 13.8 Å². The molecule has 0 spiro atoms. The van der Waals surface area contributed by atoms with Crippen molar-refractivity contribution >= 4 is 11.7 Å². The highest BCUT2D eigenvalue weighted by Crippen LogP contribution is 2.03. The first-order valence-electron chi connectivity index (χ1n) is 3.48. The van der Waals surface area contributed by atoms with Gasteiger partial charge in [0.15, 0.2) is 11.5 Å². The minimum absolute atomic E-state index is 0.197. The summed E-state index contributed by atoms with van der Waals surface area (Å²) in [4.78, 5) is 11.3. The largest absolute Gasteiger partial charge is 0.364 e. The lowest BCUT2D eigenvalue weighted by Gasteiger charge is -1.94. The maximum Gasteiger partial charge on any atom is 0.279 e. The smallest absolute Gasteiger partial charge is 0.279 e. The molecule has 0 saturated carbocycles. The molecular formula is C7H5N3O3. The van der Waals surface area contributed by atoms with E-state index in [0.29, 0.717) is 5.82 Å². The number of anilines is 1. The molecule has 1 N–H and O–H groups in total. The summed E-state index contributed by atoms with van der Waals surface area (Å²) >= 11 is 0. The predicted octanol–water partition coefficient (Wildman–Crippen LogP) is 0.915. The van der Waals surface area contributed by atoms with Crippen LogP contribution >= 0.6 is 0 Å². The van der Waals surface area contributed by atoms with Crippen molar-refractivity contribution in [2.24, 2.45) is 0 Å². The van der Waals surface area contributed by atoms with Gasteiger partial charge in [0.25, 0.3) is 5.91 Å². The van der Waals surface area contributed by atoms with E-state index in [0.717, 1.165) is 0 Å². The van der Waals surface area contributed by atoms with Crippen LogP contribution in [-0.4, -0.2) is 16.2 Å². The van der Waals surface area contributed by atoms with Gasteiger partial charge in [-0.15, -0.1) is 0 Å². The number of carbonyl (C=O) groups excluding carboxylic acids is 1. The maximum absolute atomic E-state index is 11.3. The highest BCUT2D eigenvalue weighted by Gasteiger charge is 2.09. The Kier molecular flexibility index (Phi) is 1.79. The number of nitrogens with one attached hydrogen (secondary N) is 1. The predicted molar refractivity (Wildman–Crippen MR) is 41.0 cm³/mol. The zero-order valence-electron chi connectivity index (χ0n) is 6.43. The molecule has 0 bridgehead atoms. The van der Waals surface area contributed by atoms with E-state index in [1.54, 1.807) is 0 Å². The minimum atomic E-state index is -0.386. The Hall–Kier alpha value is -2.11. The minimum Gasteiger partial charge on any atom is -0.364 e. The van der Waals surface area contributed by atoms with Crippen LogP contribution in [0.15, 0.2) is 33.7 Å². The van der Waals surface area contributed by atoms with Crippen molar-refractivity contribution in [3.63, 3.8) is 0 Å². The Balaban J connectivity index is 2.08. The van der Waals surface area contributed by atoms with Gasteiger partial charge in [-0.3, -0.25) is 4.79 Å². The molecule has 1 amide bonds. The van der Waals surface area contributed by atoms with E-state index in [4.69, 9.17) is 0 Å². The zero-order chi connectivity index (χ0) is 9.10. The summed E-state index contributed by atoms with van der Waals surface area (Å²) in [7, 11) is 0.